The number of likely N-dealkylation sites (N-methyl/N-ethyl adjacent to an activating group) is 1. The zero-order valence-electron chi connectivity index (χ0n) is 14.5. The smallest absolute Gasteiger partial charge is 0.340 e. The molecule has 0 atom stereocenters. The first kappa shape index (κ1) is 18.8. The van der Waals surface area contributed by atoms with E-state index >= 15 is 0 Å². The highest BCUT2D eigenvalue weighted by Gasteiger charge is 2.16. The molecule has 2 rings (SSSR count). The van der Waals surface area contributed by atoms with Gasteiger partial charge >= 0.3 is 5.97 Å². The Labute approximate surface area is 152 Å². The molecule has 0 saturated heterocycles. The highest BCUT2D eigenvalue weighted by molar-refractivity contribution is 6.31. The minimum Gasteiger partial charge on any atom is -0.452 e. The first-order valence-electron chi connectivity index (χ1n) is 7.80. The second-order valence-electron chi connectivity index (χ2n) is 5.99. The molecular formula is C19H21ClN2O3. The van der Waals surface area contributed by atoms with Crippen LogP contribution < -0.4 is 5.73 Å². The summed E-state index contributed by atoms with van der Waals surface area (Å²) in [6.07, 6.45) is 0. The quantitative estimate of drug-likeness (QED) is 0.655. The molecule has 0 aliphatic heterocycles. The lowest BCUT2D eigenvalue weighted by Gasteiger charge is -2.19. The molecule has 2 aromatic rings. The van der Waals surface area contributed by atoms with Crippen molar-refractivity contribution in [3.8, 4) is 0 Å². The number of anilines is 1. The SMILES string of the molecule is Cc1ccc(CN(C)C(=O)COC(=O)c2ccc(Cl)cc2N)c(C)c1. The molecule has 0 radical (unpaired) electrons. The fraction of sp³-hybridized carbons (Fsp3) is 0.263. The largest absolute Gasteiger partial charge is 0.452 e. The van der Waals surface area contributed by atoms with Gasteiger partial charge in [-0.15, -0.1) is 0 Å². The molecule has 0 aliphatic carbocycles. The minimum atomic E-state index is -0.651. The van der Waals surface area contributed by atoms with E-state index in [1.807, 2.05) is 26.0 Å². The second kappa shape index (κ2) is 8.03. The summed E-state index contributed by atoms with van der Waals surface area (Å²) in [6.45, 7) is 4.13. The lowest BCUT2D eigenvalue weighted by Crippen LogP contribution is -2.31. The summed E-state index contributed by atoms with van der Waals surface area (Å²) < 4.78 is 5.07. The summed E-state index contributed by atoms with van der Waals surface area (Å²) in [5.74, 6) is -0.941. The Balaban J connectivity index is 1.93. The number of esters is 1. The van der Waals surface area contributed by atoms with Gasteiger partial charge in [0.2, 0.25) is 0 Å². The Bertz CT molecular complexity index is 805. The standard InChI is InChI=1S/C19H21ClN2O3/c1-12-4-5-14(13(2)8-12)10-22(3)18(23)11-25-19(24)16-7-6-15(20)9-17(16)21/h4-9H,10-11,21H2,1-3H3. The molecule has 0 fully saturated rings. The summed E-state index contributed by atoms with van der Waals surface area (Å²) in [7, 11) is 1.67. The molecule has 0 aromatic heterocycles. The van der Waals surface area contributed by atoms with Gasteiger partial charge in [-0.3, -0.25) is 4.79 Å². The van der Waals surface area contributed by atoms with E-state index in [1.165, 1.54) is 22.6 Å². The number of nitrogens with zero attached hydrogens (tertiary/aromatic N) is 1. The summed E-state index contributed by atoms with van der Waals surface area (Å²) in [6, 6.07) is 10.6. The van der Waals surface area contributed by atoms with Gasteiger partial charge in [0, 0.05) is 24.3 Å². The van der Waals surface area contributed by atoms with Crippen LogP contribution in [0, 0.1) is 13.8 Å². The Morgan fingerprint density at radius 2 is 1.88 bits per heavy atom. The van der Waals surface area contributed by atoms with Crippen LogP contribution in [0.5, 0.6) is 0 Å². The molecule has 2 N–H and O–H groups in total. The van der Waals surface area contributed by atoms with Crippen molar-refractivity contribution in [2.75, 3.05) is 19.4 Å². The number of ether oxygens (including phenoxy) is 1. The zero-order valence-corrected chi connectivity index (χ0v) is 15.3. The summed E-state index contributed by atoms with van der Waals surface area (Å²) in [5, 5.41) is 0.429. The van der Waals surface area contributed by atoms with E-state index in [1.54, 1.807) is 13.1 Å². The van der Waals surface area contributed by atoms with Crippen LogP contribution in [0.3, 0.4) is 0 Å². The number of hydrogen-bond donors (Lipinski definition) is 1. The maximum atomic E-state index is 12.2. The number of hydrogen-bond acceptors (Lipinski definition) is 4. The normalized spacial score (nSPS) is 10.4. The van der Waals surface area contributed by atoms with Crippen molar-refractivity contribution >= 4 is 29.2 Å². The van der Waals surface area contributed by atoms with Crippen LogP contribution in [0.15, 0.2) is 36.4 Å². The van der Waals surface area contributed by atoms with Gasteiger partial charge in [0.1, 0.15) is 0 Å². The average Bonchev–Trinajstić information content (AvgIpc) is 2.54. The van der Waals surface area contributed by atoms with Gasteiger partial charge in [0.05, 0.1) is 5.56 Å². The predicted molar refractivity (Wildman–Crippen MR) is 98.5 cm³/mol. The number of carbonyl (C=O) groups is 2. The van der Waals surface area contributed by atoms with Gasteiger partial charge in [0.25, 0.3) is 5.91 Å². The van der Waals surface area contributed by atoms with E-state index in [0.717, 1.165) is 11.1 Å². The van der Waals surface area contributed by atoms with Gasteiger partial charge in [-0.05, 0) is 43.2 Å². The Morgan fingerprint density at radius 1 is 1.16 bits per heavy atom. The first-order chi connectivity index (χ1) is 11.8. The number of nitrogen functional groups attached to an aromatic ring is 1. The molecule has 25 heavy (non-hydrogen) atoms. The maximum absolute atomic E-state index is 12.2. The monoisotopic (exact) mass is 360 g/mol. The fourth-order valence-corrected chi connectivity index (χ4v) is 2.58. The molecule has 2 aromatic carbocycles. The third kappa shape index (κ3) is 4.97. The lowest BCUT2D eigenvalue weighted by atomic mass is 10.1. The van der Waals surface area contributed by atoms with E-state index in [-0.39, 0.29) is 23.8 Å². The van der Waals surface area contributed by atoms with Gasteiger partial charge in [-0.2, -0.15) is 0 Å². The molecule has 0 bridgehead atoms. The molecule has 0 aliphatic rings. The van der Waals surface area contributed by atoms with Crippen molar-refractivity contribution in [1.29, 1.82) is 0 Å². The summed E-state index contributed by atoms with van der Waals surface area (Å²) in [5.41, 5.74) is 9.48. The van der Waals surface area contributed by atoms with Crippen LogP contribution in [0.1, 0.15) is 27.0 Å². The van der Waals surface area contributed by atoms with Crippen molar-refractivity contribution in [3.05, 3.63) is 63.7 Å². The van der Waals surface area contributed by atoms with Crippen LogP contribution in [0.25, 0.3) is 0 Å². The van der Waals surface area contributed by atoms with E-state index in [4.69, 9.17) is 22.1 Å². The Morgan fingerprint density at radius 3 is 2.52 bits per heavy atom. The van der Waals surface area contributed by atoms with E-state index in [0.29, 0.717) is 11.6 Å². The third-order valence-corrected chi connectivity index (χ3v) is 4.13. The number of amides is 1. The van der Waals surface area contributed by atoms with E-state index < -0.39 is 5.97 Å². The van der Waals surface area contributed by atoms with Crippen LogP contribution in [0.2, 0.25) is 5.02 Å². The Kier molecular flexibility index (Phi) is 6.04. The molecule has 0 unspecified atom stereocenters. The predicted octanol–water partition coefficient (Wildman–Crippen LogP) is 3.35. The molecule has 0 saturated carbocycles. The topological polar surface area (TPSA) is 72.6 Å². The zero-order chi connectivity index (χ0) is 18.6. The lowest BCUT2D eigenvalue weighted by molar-refractivity contribution is -0.133. The number of carbonyl (C=O) groups excluding carboxylic acids is 2. The van der Waals surface area contributed by atoms with Gasteiger partial charge in [-0.1, -0.05) is 35.4 Å². The molecule has 0 heterocycles. The van der Waals surface area contributed by atoms with Crippen molar-refractivity contribution in [1.82, 2.24) is 4.90 Å². The number of rotatable bonds is 5. The summed E-state index contributed by atoms with van der Waals surface area (Å²) >= 11 is 5.80. The molecule has 5 nitrogen and oxygen atoms in total. The molecule has 1 amide bonds. The van der Waals surface area contributed by atoms with Crippen LogP contribution >= 0.6 is 11.6 Å². The molecular weight excluding hydrogens is 340 g/mol. The number of benzene rings is 2. The fourth-order valence-electron chi connectivity index (χ4n) is 2.40. The van der Waals surface area contributed by atoms with Gasteiger partial charge in [0.15, 0.2) is 6.61 Å². The first-order valence-corrected chi connectivity index (χ1v) is 8.18. The maximum Gasteiger partial charge on any atom is 0.340 e. The number of halogens is 1. The number of aryl methyl sites for hydroxylation is 2. The van der Waals surface area contributed by atoms with Crippen LogP contribution in [0.4, 0.5) is 5.69 Å². The number of nitrogens with two attached hydrogens (primary N) is 1. The van der Waals surface area contributed by atoms with Crippen molar-refractivity contribution in [2.24, 2.45) is 0 Å². The summed E-state index contributed by atoms with van der Waals surface area (Å²) in [4.78, 5) is 25.8. The van der Waals surface area contributed by atoms with Gasteiger partial charge < -0.3 is 15.4 Å². The molecule has 6 heteroatoms. The highest BCUT2D eigenvalue weighted by Crippen LogP contribution is 2.19. The average molecular weight is 361 g/mol. The van der Waals surface area contributed by atoms with E-state index in [2.05, 4.69) is 6.07 Å². The van der Waals surface area contributed by atoms with Crippen LogP contribution in [-0.4, -0.2) is 30.4 Å². The second-order valence-corrected chi connectivity index (χ2v) is 6.42. The van der Waals surface area contributed by atoms with Crippen molar-refractivity contribution < 1.29 is 14.3 Å². The van der Waals surface area contributed by atoms with Crippen molar-refractivity contribution in [2.45, 2.75) is 20.4 Å². The molecule has 132 valence electrons. The van der Waals surface area contributed by atoms with E-state index in [9.17, 15) is 9.59 Å². The van der Waals surface area contributed by atoms with Crippen molar-refractivity contribution in [3.63, 3.8) is 0 Å². The highest BCUT2D eigenvalue weighted by atomic mass is 35.5. The third-order valence-electron chi connectivity index (χ3n) is 3.89. The van der Waals surface area contributed by atoms with Crippen LogP contribution in [-0.2, 0) is 16.1 Å². The minimum absolute atomic E-state index is 0.189. The Hall–Kier alpha value is -2.53. The molecule has 0 spiro atoms. The van der Waals surface area contributed by atoms with Gasteiger partial charge in [-0.25, -0.2) is 4.79 Å².